The van der Waals surface area contributed by atoms with Crippen LogP contribution in [0, 0.1) is 0 Å². The standard InChI is InChI=1S/C28H28N2O2/c1-27(2,24-15-7-8-18-29-24)20-11-9-12-21(19-20)28(3,4)25-16-10-17-26(30-25)32-23-14-6-5-13-22(23)31/h5-19,31H,1-4H3. The smallest absolute Gasteiger partial charge is 0.219 e. The molecule has 2 aromatic heterocycles. The Balaban J connectivity index is 1.67. The number of aromatic hydroxyl groups is 1. The highest BCUT2D eigenvalue weighted by molar-refractivity contribution is 5.43. The first-order valence-corrected chi connectivity index (χ1v) is 10.7. The van der Waals surface area contributed by atoms with Crippen molar-refractivity contribution in [2.75, 3.05) is 0 Å². The molecule has 0 amide bonds. The fourth-order valence-corrected chi connectivity index (χ4v) is 3.80. The van der Waals surface area contributed by atoms with Crippen molar-refractivity contribution >= 4 is 0 Å². The van der Waals surface area contributed by atoms with Gasteiger partial charge in [0.15, 0.2) is 11.5 Å². The average Bonchev–Trinajstić information content (AvgIpc) is 2.81. The molecule has 0 saturated heterocycles. The summed E-state index contributed by atoms with van der Waals surface area (Å²) in [6, 6.07) is 27.3. The number of hydrogen-bond donors (Lipinski definition) is 1. The van der Waals surface area contributed by atoms with Gasteiger partial charge in [0.05, 0.1) is 11.4 Å². The van der Waals surface area contributed by atoms with Crippen LogP contribution in [0.1, 0.15) is 50.2 Å². The Morgan fingerprint density at radius 1 is 0.688 bits per heavy atom. The molecule has 0 unspecified atom stereocenters. The number of nitrogens with zero attached hydrogens (tertiary/aromatic N) is 2. The Hall–Kier alpha value is -3.66. The lowest BCUT2D eigenvalue weighted by Crippen LogP contribution is -2.24. The molecule has 0 atom stereocenters. The minimum absolute atomic E-state index is 0.0865. The Labute approximate surface area is 189 Å². The van der Waals surface area contributed by atoms with E-state index in [0.717, 1.165) is 17.0 Å². The maximum Gasteiger partial charge on any atom is 0.219 e. The molecule has 4 rings (SSSR count). The minimum Gasteiger partial charge on any atom is -0.504 e. The van der Waals surface area contributed by atoms with Gasteiger partial charge in [-0.05, 0) is 41.5 Å². The van der Waals surface area contributed by atoms with Crippen LogP contribution in [-0.4, -0.2) is 15.1 Å². The van der Waals surface area contributed by atoms with E-state index < -0.39 is 0 Å². The van der Waals surface area contributed by atoms with Gasteiger partial charge in [0.2, 0.25) is 5.88 Å². The van der Waals surface area contributed by atoms with Crippen molar-refractivity contribution in [3.05, 3.63) is 114 Å². The molecule has 4 aromatic rings. The van der Waals surface area contributed by atoms with E-state index in [-0.39, 0.29) is 16.6 Å². The van der Waals surface area contributed by atoms with Gasteiger partial charge in [-0.3, -0.25) is 4.98 Å². The lowest BCUT2D eigenvalue weighted by molar-refractivity contribution is 0.400. The quantitative estimate of drug-likeness (QED) is 0.378. The average molecular weight is 425 g/mol. The SMILES string of the molecule is CC(C)(c1cccc(C(C)(C)c2cccc(Oc3ccccc3O)n2)c1)c1ccccn1. The van der Waals surface area contributed by atoms with Gasteiger partial charge in [0, 0.05) is 23.1 Å². The fraction of sp³-hybridized carbons (Fsp3) is 0.214. The van der Waals surface area contributed by atoms with Crippen molar-refractivity contribution in [2.45, 2.75) is 38.5 Å². The Morgan fingerprint density at radius 3 is 2.00 bits per heavy atom. The molecule has 162 valence electrons. The highest BCUT2D eigenvalue weighted by atomic mass is 16.5. The lowest BCUT2D eigenvalue weighted by Gasteiger charge is -2.29. The highest BCUT2D eigenvalue weighted by Gasteiger charge is 2.29. The molecule has 0 aliphatic heterocycles. The molecular weight excluding hydrogens is 396 g/mol. The molecule has 0 fully saturated rings. The summed E-state index contributed by atoms with van der Waals surface area (Å²) in [5, 5.41) is 10.0. The molecule has 0 saturated carbocycles. The van der Waals surface area contributed by atoms with Crippen molar-refractivity contribution < 1.29 is 9.84 Å². The van der Waals surface area contributed by atoms with E-state index >= 15 is 0 Å². The first-order valence-electron chi connectivity index (χ1n) is 10.7. The number of pyridine rings is 2. The second-order valence-corrected chi connectivity index (χ2v) is 8.98. The number of benzene rings is 2. The molecule has 0 aliphatic carbocycles. The zero-order valence-corrected chi connectivity index (χ0v) is 18.9. The fourth-order valence-electron chi connectivity index (χ4n) is 3.80. The highest BCUT2D eigenvalue weighted by Crippen LogP contribution is 2.37. The van der Waals surface area contributed by atoms with Crippen molar-refractivity contribution in [1.82, 2.24) is 9.97 Å². The van der Waals surface area contributed by atoms with Crippen LogP contribution >= 0.6 is 0 Å². The van der Waals surface area contributed by atoms with E-state index in [9.17, 15) is 5.11 Å². The third-order valence-electron chi connectivity index (χ3n) is 6.05. The largest absolute Gasteiger partial charge is 0.504 e. The van der Waals surface area contributed by atoms with Crippen molar-refractivity contribution in [2.24, 2.45) is 0 Å². The van der Waals surface area contributed by atoms with Crippen LogP contribution in [-0.2, 0) is 10.8 Å². The van der Waals surface area contributed by atoms with Gasteiger partial charge in [0.1, 0.15) is 0 Å². The third kappa shape index (κ3) is 4.22. The van der Waals surface area contributed by atoms with Crippen LogP contribution in [0.25, 0.3) is 0 Å². The zero-order valence-electron chi connectivity index (χ0n) is 18.9. The number of phenolic OH excluding ortho intramolecular Hbond substituents is 1. The van der Waals surface area contributed by atoms with Crippen LogP contribution < -0.4 is 4.74 Å². The number of ether oxygens (including phenoxy) is 1. The number of para-hydroxylation sites is 2. The second kappa shape index (κ2) is 8.46. The zero-order chi connectivity index (χ0) is 22.8. The number of phenols is 1. The summed E-state index contributed by atoms with van der Waals surface area (Å²) in [5.41, 5.74) is 3.70. The van der Waals surface area contributed by atoms with Gasteiger partial charge in [0.25, 0.3) is 0 Å². The van der Waals surface area contributed by atoms with Crippen LogP contribution in [0.2, 0.25) is 0 Å². The topological polar surface area (TPSA) is 55.2 Å². The van der Waals surface area contributed by atoms with Crippen LogP contribution in [0.4, 0.5) is 0 Å². The summed E-state index contributed by atoms with van der Waals surface area (Å²) in [5.74, 6) is 0.916. The molecular formula is C28H28N2O2. The molecule has 4 nitrogen and oxygen atoms in total. The molecule has 0 bridgehead atoms. The summed E-state index contributed by atoms with van der Waals surface area (Å²) in [7, 11) is 0. The van der Waals surface area contributed by atoms with Gasteiger partial charge in [-0.1, -0.05) is 76.2 Å². The summed E-state index contributed by atoms with van der Waals surface area (Å²) in [4.78, 5) is 9.35. The molecule has 2 aromatic carbocycles. The second-order valence-electron chi connectivity index (χ2n) is 8.98. The maximum atomic E-state index is 10.0. The van der Waals surface area contributed by atoms with Crippen LogP contribution in [0.15, 0.2) is 91.1 Å². The Morgan fingerprint density at radius 2 is 1.31 bits per heavy atom. The van der Waals surface area contributed by atoms with E-state index in [1.165, 1.54) is 5.56 Å². The van der Waals surface area contributed by atoms with Crippen molar-refractivity contribution in [3.63, 3.8) is 0 Å². The van der Waals surface area contributed by atoms with Crippen LogP contribution in [0.3, 0.4) is 0 Å². The van der Waals surface area contributed by atoms with Gasteiger partial charge >= 0.3 is 0 Å². The molecule has 2 heterocycles. The first-order chi connectivity index (χ1) is 15.3. The number of rotatable bonds is 6. The normalized spacial score (nSPS) is 11.9. The summed E-state index contributed by atoms with van der Waals surface area (Å²) in [6.45, 7) is 8.71. The van der Waals surface area contributed by atoms with Gasteiger partial charge < -0.3 is 9.84 Å². The third-order valence-corrected chi connectivity index (χ3v) is 6.05. The monoisotopic (exact) mass is 424 g/mol. The maximum absolute atomic E-state index is 10.0. The Bertz CT molecular complexity index is 1220. The van der Waals surface area contributed by atoms with E-state index in [1.807, 2.05) is 36.5 Å². The first kappa shape index (κ1) is 21.6. The van der Waals surface area contributed by atoms with Gasteiger partial charge in [-0.2, -0.15) is 0 Å². The van der Waals surface area contributed by atoms with E-state index in [1.54, 1.807) is 24.3 Å². The van der Waals surface area contributed by atoms with E-state index in [4.69, 9.17) is 9.72 Å². The van der Waals surface area contributed by atoms with E-state index in [0.29, 0.717) is 11.6 Å². The Kier molecular flexibility index (Phi) is 5.70. The van der Waals surface area contributed by atoms with Crippen LogP contribution in [0.5, 0.6) is 17.4 Å². The number of hydrogen-bond acceptors (Lipinski definition) is 4. The summed E-state index contributed by atoms with van der Waals surface area (Å²) in [6.07, 6.45) is 1.84. The van der Waals surface area contributed by atoms with Gasteiger partial charge in [-0.25, -0.2) is 4.98 Å². The molecule has 0 spiro atoms. The minimum atomic E-state index is -0.353. The van der Waals surface area contributed by atoms with Gasteiger partial charge in [-0.15, -0.1) is 0 Å². The predicted molar refractivity (Wildman–Crippen MR) is 127 cm³/mol. The molecule has 4 heteroatoms. The predicted octanol–water partition coefficient (Wildman–Crippen LogP) is 6.63. The van der Waals surface area contributed by atoms with Crippen molar-refractivity contribution in [1.29, 1.82) is 0 Å². The lowest BCUT2D eigenvalue weighted by atomic mass is 9.76. The molecule has 0 aliphatic rings. The number of aromatic nitrogens is 2. The molecule has 32 heavy (non-hydrogen) atoms. The summed E-state index contributed by atoms with van der Waals surface area (Å²) >= 11 is 0. The summed E-state index contributed by atoms with van der Waals surface area (Å²) < 4.78 is 5.85. The van der Waals surface area contributed by atoms with Crippen molar-refractivity contribution in [3.8, 4) is 17.4 Å². The molecule has 1 N–H and O–H groups in total. The molecule has 0 radical (unpaired) electrons. The van der Waals surface area contributed by atoms with E-state index in [2.05, 4.69) is 63.0 Å².